The Morgan fingerprint density at radius 3 is 2.07 bits per heavy atom. The minimum absolute atomic E-state index is 0.105. The second-order valence-electron chi connectivity index (χ2n) is 6.80. The van der Waals surface area contributed by atoms with Crippen LogP contribution in [0.3, 0.4) is 0 Å². The summed E-state index contributed by atoms with van der Waals surface area (Å²) < 4.78 is 55.7. The van der Waals surface area contributed by atoms with Crippen molar-refractivity contribution in [1.82, 2.24) is 19.2 Å². The molecule has 0 atom stereocenters. The van der Waals surface area contributed by atoms with Crippen molar-refractivity contribution in [3.63, 3.8) is 0 Å². The van der Waals surface area contributed by atoms with Crippen molar-refractivity contribution in [2.75, 3.05) is 0 Å². The lowest BCUT2D eigenvalue weighted by atomic mass is 10.1. The summed E-state index contributed by atoms with van der Waals surface area (Å²) in [5, 5.41) is 4.13. The van der Waals surface area contributed by atoms with Gasteiger partial charge in [0.15, 0.2) is 0 Å². The smallest absolute Gasteiger partial charge is 0.244 e. The van der Waals surface area contributed by atoms with Crippen LogP contribution in [-0.4, -0.2) is 32.7 Å². The number of sulfonamides is 2. The first-order valence-corrected chi connectivity index (χ1v) is 11.6. The second-order valence-corrected chi connectivity index (χ2v) is 10.3. The Balaban J connectivity index is 2.07. The van der Waals surface area contributed by atoms with E-state index in [2.05, 4.69) is 14.5 Å². The van der Waals surface area contributed by atoms with Gasteiger partial charge >= 0.3 is 0 Å². The average Bonchev–Trinajstić information content (AvgIpc) is 2.78. The van der Waals surface area contributed by atoms with Crippen LogP contribution in [0.25, 0.3) is 0 Å². The molecule has 10 heteroatoms. The monoisotopic (exact) mass is 414 g/mol. The molecule has 0 aliphatic heterocycles. The highest BCUT2D eigenvalue weighted by Gasteiger charge is 2.23. The van der Waals surface area contributed by atoms with Crippen LogP contribution >= 0.6 is 0 Å². The number of nitrogens with zero attached hydrogens (tertiary/aromatic N) is 2. The van der Waals surface area contributed by atoms with Crippen molar-refractivity contribution < 1.29 is 16.8 Å². The molecule has 2 N–H and O–H groups in total. The first-order chi connectivity index (χ1) is 12.4. The highest BCUT2D eigenvalue weighted by molar-refractivity contribution is 7.89. The zero-order valence-electron chi connectivity index (χ0n) is 16.1. The third-order valence-electron chi connectivity index (χ3n) is 3.97. The van der Waals surface area contributed by atoms with Gasteiger partial charge in [0.25, 0.3) is 0 Å². The van der Waals surface area contributed by atoms with Gasteiger partial charge in [0.2, 0.25) is 20.0 Å². The number of hydrogen-bond acceptors (Lipinski definition) is 5. The molecule has 1 aromatic heterocycles. The van der Waals surface area contributed by atoms with E-state index in [9.17, 15) is 16.8 Å². The van der Waals surface area contributed by atoms with Gasteiger partial charge in [-0.1, -0.05) is 24.3 Å². The van der Waals surface area contributed by atoms with Gasteiger partial charge in [-0.15, -0.1) is 0 Å². The normalized spacial score (nSPS) is 12.7. The fourth-order valence-electron chi connectivity index (χ4n) is 2.77. The third kappa shape index (κ3) is 5.61. The molecule has 0 fully saturated rings. The lowest BCUT2D eigenvalue weighted by Crippen LogP contribution is -2.31. The maximum Gasteiger partial charge on any atom is 0.244 e. The van der Waals surface area contributed by atoms with Crippen LogP contribution < -0.4 is 9.44 Å². The number of rotatable bonds is 8. The summed E-state index contributed by atoms with van der Waals surface area (Å²) in [5.41, 5.74) is 2.38. The molecule has 2 aromatic rings. The summed E-state index contributed by atoms with van der Waals surface area (Å²) in [7, 11) is -5.39. The molecule has 0 saturated carbocycles. The van der Waals surface area contributed by atoms with Crippen LogP contribution in [0.15, 0.2) is 29.2 Å². The minimum atomic E-state index is -3.69. The van der Waals surface area contributed by atoms with Crippen LogP contribution in [0, 0.1) is 13.8 Å². The van der Waals surface area contributed by atoms with E-state index in [0.29, 0.717) is 17.0 Å². The summed E-state index contributed by atoms with van der Waals surface area (Å²) in [6.45, 7) is 6.99. The van der Waals surface area contributed by atoms with Crippen molar-refractivity contribution in [2.45, 2.75) is 50.9 Å². The number of hydrogen-bond donors (Lipinski definition) is 2. The van der Waals surface area contributed by atoms with Crippen molar-refractivity contribution in [3.05, 3.63) is 46.8 Å². The van der Waals surface area contributed by atoms with Gasteiger partial charge in [-0.2, -0.15) is 5.10 Å². The van der Waals surface area contributed by atoms with Crippen LogP contribution in [-0.2, 0) is 39.4 Å². The topological polar surface area (TPSA) is 110 Å². The standard InChI is InChI=1S/C17H26N4O4S2/c1-12(2)20-26(22,23)11-16-8-6-15(7-9-16)10-18-27(24,25)17-13(3)19-21(5)14(17)4/h6-9,12,18,20H,10-11H2,1-5H3. The molecule has 0 saturated heterocycles. The summed E-state index contributed by atoms with van der Waals surface area (Å²) in [5.74, 6) is -0.120. The van der Waals surface area contributed by atoms with Gasteiger partial charge in [-0.05, 0) is 38.8 Å². The molecule has 27 heavy (non-hydrogen) atoms. The summed E-state index contributed by atoms with van der Waals surface area (Å²) in [6, 6.07) is 6.63. The second kappa shape index (κ2) is 8.09. The maximum atomic E-state index is 12.6. The van der Waals surface area contributed by atoms with Gasteiger partial charge in [-0.25, -0.2) is 26.3 Å². The van der Waals surface area contributed by atoms with Crippen LogP contribution in [0.5, 0.6) is 0 Å². The van der Waals surface area contributed by atoms with E-state index in [1.54, 1.807) is 59.0 Å². The molecular weight excluding hydrogens is 388 g/mol. The Morgan fingerprint density at radius 2 is 1.59 bits per heavy atom. The number of aromatic nitrogens is 2. The van der Waals surface area contributed by atoms with Gasteiger partial charge in [0.1, 0.15) is 4.90 Å². The molecule has 0 amide bonds. The Bertz CT molecular complexity index is 1010. The van der Waals surface area contributed by atoms with Crippen molar-refractivity contribution in [2.24, 2.45) is 7.05 Å². The van der Waals surface area contributed by atoms with E-state index >= 15 is 0 Å². The van der Waals surface area contributed by atoms with E-state index in [1.807, 2.05) is 0 Å². The van der Waals surface area contributed by atoms with Crippen molar-refractivity contribution in [1.29, 1.82) is 0 Å². The summed E-state index contributed by atoms with van der Waals surface area (Å²) >= 11 is 0. The zero-order valence-corrected chi connectivity index (χ0v) is 17.8. The molecule has 1 heterocycles. The van der Waals surface area contributed by atoms with Crippen LogP contribution in [0.4, 0.5) is 0 Å². The molecule has 0 aliphatic carbocycles. The molecule has 8 nitrogen and oxygen atoms in total. The molecule has 150 valence electrons. The van der Waals surface area contributed by atoms with Crippen molar-refractivity contribution >= 4 is 20.0 Å². The molecule has 0 aliphatic rings. The predicted octanol–water partition coefficient (Wildman–Crippen LogP) is 1.34. The molecular formula is C17H26N4O4S2. The van der Waals surface area contributed by atoms with Crippen LogP contribution in [0.1, 0.15) is 36.4 Å². The van der Waals surface area contributed by atoms with Gasteiger partial charge in [-0.3, -0.25) is 4.68 Å². The molecule has 0 unspecified atom stereocenters. The van der Waals surface area contributed by atoms with E-state index in [4.69, 9.17) is 0 Å². The predicted molar refractivity (Wildman–Crippen MR) is 104 cm³/mol. The Labute approximate surface area is 161 Å². The molecule has 0 bridgehead atoms. The minimum Gasteiger partial charge on any atom is -0.271 e. The number of benzene rings is 1. The molecule has 0 radical (unpaired) electrons. The Hall–Kier alpha value is -1.75. The largest absolute Gasteiger partial charge is 0.271 e. The lowest BCUT2D eigenvalue weighted by molar-refractivity contribution is 0.569. The SMILES string of the molecule is Cc1nn(C)c(C)c1S(=O)(=O)NCc1ccc(CS(=O)(=O)NC(C)C)cc1. The summed E-state index contributed by atoms with van der Waals surface area (Å²) in [4.78, 5) is 0.187. The first kappa shape index (κ1) is 21.5. The van der Waals surface area contributed by atoms with Gasteiger partial charge in [0, 0.05) is 19.6 Å². The average molecular weight is 415 g/mol. The van der Waals surface area contributed by atoms with E-state index < -0.39 is 20.0 Å². The number of nitrogens with one attached hydrogen (secondary N) is 2. The Kier molecular flexibility index (Phi) is 6.46. The quantitative estimate of drug-likeness (QED) is 0.677. The maximum absolute atomic E-state index is 12.6. The van der Waals surface area contributed by atoms with Crippen LogP contribution in [0.2, 0.25) is 0 Å². The molecule has 0 spiro atoms. The van der Waals surface area contributed by atoms with E-state index in [0.717, 1.165) is 5.56 Å². The summed E-state index contributed by atoms with van der Waals surface area (Å²) in [6.07, 6.45) is 0. The Morgan fingerprint density at radius 1 is 1.04 bits per heavy atom. The van der Waals surface area contributed by atoms with E-state index in [1.165, 1.54) is 4.68 Å². The fraction of sp³-hybridized carbons (Fsp3) is 0.471. The molecule has 2 rings (SSSR count). The highest BCUT2D eigenvalue weighted by atomic mass is 32.2. The van der Waals surface area contributed by atoms with Gasteiger partial charge in [0.05, 0.1) is 17.1 Å². The fourth-order valence-corrected chi connectivity index (χ4v) is 5.65. The molecule has 1 aromatic carbocycles. The first-order valence-electron chi connectivity index (χ1n) is 8.49. The zero-order chi connectivity index (χ0) is 20.4. The lowest BCUT2D eigenvalue weighted by Gasteiger charge is -2.10. The third-order valence-corrected chi connectivity index (χ3v) is 7.17. The van der Waals surface area contributed by atoms with E-state index in [-0.39, 0.29) is 23.2 Å². The van der Waals surface area contributed by atoms with Crippen molar-refractivity contribution in [3.8, 4) is 0 Å². The van der Waals surface area contributed by atoms with Gasteiger partial charge < -0.3 is 0 Å². The number of aryl methyl sites for hydroxylation is 2. The highest BCUT2D eigenvalue weighted by Crippen LogP contribution is 2.18.